The predicted octanol–water partition coefficient (Wildman–Crippen LogP) is 2.17. The first kappa shape index (κ1) is 15.7. The van der Waals surface area contributed by atoms with Gasteiger partial charge in [-0.25, -0.2) is 0 Å². The summed E-state index contributed by atoms with van der Waals surface area (Å²) in [6, 6.07) is 5.49. The molecule has 0 aromatic heterocycles. The number of carbonyl (C=O) groups excluding carboxylic acids is 1. The second-order valence-electron chi connectivity index (χ2n) is 3.50. The largest absolute Gasteiger partial charge is 0.495 e. The zero-order valence-corrected chi connectivity index (χ0v) is 12.3. The van der Waals surface area contributed by atoms with Crippen LogP contribution >= 0.6 is 23.5 Å². The number of carboxylic acid groups (broad SMARTS) is 1. The van der Waals surface area contributed by atoms with Crippen molar-refractivity contribution >= 4 is 41.1 Å². The monoisotopic (exact) mass is 301 g/mol. The number of carbonyl (C=O) groups is 2. The summed E-state index contributed by atoms with van der Waals surface area (Å²) in [6.45, 7) is 0. The lowest BCUT2D eigenvalue weighted by atomic mass is 10.3. The van der Waals surface area contributed by atoms with Gasteiger partial charge in [-0.1, -0.05) is 0 Å². The van der Waals surface area contributed by atoms with E-state index in [0.717, 1.165) is 16.7 Å². The van der Waals surface area contributed by atoms with Crippen LogP contribution in [-0.4, -0.2) is 41.9 Å². The van der Waals surface area contributed by atoms with Crippen molar-refractivity contribution in [3.05, 3.63) is 18.2 Å². The van der Waals surface area contributed by atoms with E-state index in [1.54, 1.807) is 17.8 Å². The molecule has 2 N–H and O–H groups in total. The Balaban J connectivity index is 2.60. The van der Waals surface area contributed by atoms with Crippen LogP contribution in [0.5, 0.6) is 5.75 Å². The maximum absolute atomic E-state index is 11.6. The maximum Gasteiger partial charge on any atom is 0.313 e. The second kappa shape index (κ2) is 7.96. The van der Waals surface area contributed by atoms with Gasteiger partial charge in [-0.2, -0.15) is 0 Å². The highest BCUT2D eigenvalue weighted by Gasteiger charge is 2.09. The number of carboxylic acids is 1. The third kappa shape index (κ3) is 5.44. The zero-order chi connectivity index (χ0) is 14.3. The molecule has 0 heterocycles. The molecule has 0 unspecified atom stereocenters. The second-order valence-corrected chi connectivity index (χ2v) is 5.37. The van der Waals surface area contributed by atoms with Crippen molar-refractivity contribution in [1.29, 1.82) is 0 Å². The molecule has 0 saturated heterocycles. The van der Waals surface area contributed by atoms with Crippen molar-refractivity contribution in [2.24, 2.45) is 0 Å². The van der Waals surface area contributed by atoms with Crippen LogP contribution in [0.25, 0.3) is 0 Å². The number of hydrogen-bond donors (Lipinski definition) is 2. The number of hydrogen-bond acceptors (Lipinski definition) is 5. The molecule has 5 nitrogen and oxygen atoms in total. The van der Waals surface area contributed by atoms with Gasteiger partial charge >= 0.3 is 5.97 Å². The predicted molar refractivity (Wildman–Crippen MR) is 78.4 cm³/mol. The number of ether oxygens (including phenoxy) is 1. The van der Waals surface area contributed by atoms with E-state index >= 15 is 0 Å². The Morgan fingerprint density at radius 2 is 2.11 bits per heavy atom. The number of methoxy groups -OCH3 is 1. The quantitative estimate of drug-likeness (QED) is 0.752. The summed E-state index contributed by atoms with van der Waals surface area (Å²) in [5.41, 5.74) is 0.584. The molecule has 1 rings (SSSR count). The third-order valence-corrected chi connectivity index (χ3v) is 3.78. The topological polar surface area (TPSA) is 75.6 Å². The number of aliphatic carboxylic acids is 1. The summed E-state index contributed by atoms with van der Waals surface area (Å²) in [6.07, 6.45) is 1.95. The van der Waals surface area contributed by atoms with E-state index in [1.165, 1.54) is 7.11 Å². The summed E-state index contributed by atoms with van der Waals surface area (Å²) in [4.78, 5) is 23.0. The molecule has 0 radical (unpaired) electrons. The Hall–Kier alpha value is -1.34. The smallest absolute Gasteiger partial charge is 0.313 e. The van der Waals surface area contributed by atoms with E-state index in [0.29, 0.717) is 11.4 Å². The number of rotatable bonds is 7. The molecular formula is C12H15NO4S2. The molecule has 0 spiro atoms. The average molecular weight is 301 g/mol. The highest BCUT2D eigenvalue weighted by Crippen LogP contribution is 2.29. The standard InChI is InChI=1S/C12H15NO4S2/c1-17-10-5-8(18-2)3-4-9(10)13-11(14)6-19-7-12(15)16/h3-5H,6-7H2,1-2H3,(H,13,14)(H,15,16). The van der Waals surface area contributed by atoms with Crippen molar-refractivity contribution in [2.45, 2.75) is 4.90 Å². The molecule has 1 aromatic carbocycles. The number of benzene rings is 1. The molecule has 0 aliphatic rings. The van der Waals surface area contributed by atoms with Gasteiger partial charge in [-0.05, 0) is 24.5 Å². The first-order chi connectivity index (χ1) is 9.06. The van der Waals surface area contributed by atoms with Gasteiger partial charge in [0, 0.05) is 4.90 Å². The van der Waals surface area contributed by atoms with Crippen molar-refractivity contribution in [3.63, 3.8) is 0 Å². The van der Waals surface area contributed by atoms with Gasteiger partial charge in [0.15, 0.2) is 0 Å². The van der Waals surface area contributed by atoms with E-state index in [1.807, 2.05) is 18.4 Å². The lowest BCUT2D eigenvalue weighted by Crippen LogP contribution is -2.16. The van der Waals surface area contributed by atoms with Crippen LogP contribution in [-0.2, 0) is 9.59 Å². The molecule has 19 heavy (non-hydrogen) atoms. The first-order valence-electron chi connectivity index (χ1n) is 5.38. The maximum atomic E-state index is 11.6. The third-order valence-electron chi connectivity index (χ3n) is 2.14. The minimum absolute atomic E-state index is 0.0873. The number of amides is 1. The number of thioether (sulfide) groups is 2. The summed E-state index contributed by atoms with van der Waals surface area (Å²) in [7, 11) is 1.54. The molecule has 7 heteroatoms. The van der Waals surface area contributed by atoms with Crippen molar-refractivity contribution in [1.82, 2.24) is 0 Å². The van der Waals surface area contributed by atoms with Gasteiger partial charge in [0.1, 0.15) is 5.75 Å². The van der Waals surface area contributed by atoms with E-state index in [9.17, 15) is 9.59 Å². The van der Waals surface area contributed by atoms with Crippen molar-refractivity contribution in [3.8, 4) is 5.75 Å². The minimum atomic E-state index is -0.931. The van der Waals surface area contributed by atoms with Crippen LogP contribution in [0.3, 0.4) is 0 Å². The normalized spacial score (nSPS) is 10.0. The van der Waals surface area contributed by atoms with E-state index in [-0.39, 0.29) is 17.4 Å². The molecule has 0 aliphatic carbocycles. The fourth-order valence-electron chi connectivity index (χ4n) is 1.32. The molecule has 0 fully saturated rings. The van der Waals surface area contributed by atoms with Gasteiger partial charge in [0.2, 0.25) is 5.91 Å². The summed E-state index contributed by atoms with van der Waals surface area (Å²) in [5.74, 6) is -0.583. The van der Waals surface area contributed by atoms with E-state index < -0.39 is 5.97 Å². The van der Waals surface area contributed by atoms with Crippen molar-refractivity contribution < 1.29 is 19.4 Å². The molecule has 1 aromatic rings. The van der Waals surface area contributed by atoms with Crippen LogP contribution < -0.4 is 10.1 Å². The van der Waals surface area contributed by atoms with Gasteiger partial charge < -0.3 is 15.2 Å². The Bertz CT molecular complexity index is 465. The molecule has 0 saturated carbocycles. The highest BCUT2D eigenvalue weighted by atomic mass is 32.2. The lowest BCUT2D eigenvalue weighted by molar-refractivity contribution is -0.133. The molecular weight excluding hydrogens is 286 g/mol. The Labute approximate surface area is 120 Å². The molecule has 1 amide bonds. The van der Waals surface area contributed by atoms with E-state index in [4.69, 9.17) is 9.84 Å². The van der Waals surface area contributed by atoms with Crippen LogP contribution in [0, 0.1) is 0 Å². The van der Waals surface area contributed by atoms with Gasteiger partial charge in [0.05, 0.1) is 24.3 Å². The van der Waals surface area contributed by atoms with Gasteiger partial charge in [-0.3, -0.25) is 9.59 Å². The summed E-state index contributed by atoms with van der Waals surface area (Å²) >= 11 is 2.63. The molecule has 104 valence electrons. The fourth-order valence-corrected chi connectivity index (χ4v) is 2.28. The zero-order valence-electron chi connectivity index (χ0n) is 10.6. The Morgan fingerprint density at radius 1 is 1.37 bits per heavy atom. The number of nitrogens with one attached hydrogen (secondary N) is 1. The summed E-state index contributed by atoms with van der Waals surface area (Å²) < 4.78 is 5.20. The highest BCUT2D eigenvalue weighted by molar-refractivity contribution is 8.00. The average Bonchev–Trinajstić information content (AvgIpc) is 2.38. The van der Waals surface area contributed by atoms with Gasteiger partial charge in [0.25, 0.3) is 0 Å². The van der Waals surface area contributed by atoms with Crippen LogP contribution in [0.2, 0.25) is 0 Å². The Morgan fingerprint density at radius 3 is 2.68 bits per heavy atom. The SMILES string of the molecule is COc1cc(SC)ccc1NC(=O)CSCC(=O)O. The van der Waals surface area contributed by atoms with Crippen LogP contribution in [0.15, 0.2) is 23.1 Å². The van der Waals surface area contributed by atoms with Gasteiger partial charge in [-0.15, -0.1) is 23.5 Å². The minimum Gasteiger partial charge on any atom is -0.495 e. The first-order valence-corrected chi connectivity index (χ1v) is 7.76. The van der Waals surface area contributed by atoms with Crippen LogP contribution in [0.4, 0.5) is 5.69 Å². The van der Waals surface area contributed by atoms with E-state index in [2.05, 4.69) is 5.32 Å². The molecule has 0 atom stereocenters. The Kier molecular flexibility index (Phi) is 6.58. The summed E-state index contributed by atoms with van der Waals surface area (Å²) in [5, 5.41) is 11.2. The molecule has 0 bridgehead atoms. The fraction of sp³-hybridized carbons (Fsp3) is 0.333. The molecule has 0 aliphatic heterocycles. The lowest BCUT2D eigenvalue weighted by Gasteiger charge is -2.11. The van der Waals surface area contributed by atoms with Crippen molar-refractivity contribution in [2.75, 3.05) is 30.2 Å². The van der Waals surface area contributed by atoms with Crippen LogP contribution in [0.1, 0.15) is 0 Å². The number of anilines is 1.